The number of methoxy groups -OCH3 is 1. The third-order valence-corrected chi connectivity index (χ3v) is 4.47. The summed E-state index contributed by atoms with van der Waals surface area (Å²) >= 11 is 0. The number of hydrogen-bond acceptors (Lipinski definition) is 4. The largest absolute Gasteiger partial charge is 0.495 e. The van der Waals surface area contributed by atoms with E-state index in [1.165, 1.54) is 5.56 Å². The predicted molar refractivity (Wildman–Crippen MR) is 95.0 cm³/mol. The Hall–Kier alpha value is -2.53. The number of carbonyl (C=O) groups excluding carboxylic acids is 1. The van der Waals surface area contributed by atoms with Crippen LogP contribution in [0.5, 0.6) is 5.75 Å². The van der Waals surface area contributed by atoms with Crippen LogP contribution in [0, 0.1) is 0 Å². The Morgan fingerprint density at radius 1 is 1.12 bits per heavy atom. The number of rotatable bonds is 5. The summed E-state index contributed by atoms with van der Waals surface area (Å²) in [5.74, 6) is 0.530. The van der Waals surface area contributed by atoms with E-state index in [0.717, 1.165) is 31.1 Å². The summed E-state index contributed by atoms with van der Waals surface area (Å²) in [5, 5.41) is 0. The molecule has 2 aromatic rings. The average molecular weight is 325 g/mol. The van der Waals surface area contributed by atoms with Crippen LogP contribution in [0.25, 0.3) is 0 Å². The van der Waals surface area contributed by atoms with Crippen LogP contribution in [0.4, 0.5) is 5.69 Å². The van der Waals surface area contributed by atoms with Gasteiger partial charge in [0, 0.05) is 26.2 Å². The van der Waals surface area contributed by atoms with Gasteiger partial charge in [-0.3, -0.25) is 9.69 Å². The fourth-order valence-corrected chi connectivity index (χ4v) is 3.21. The van der Waals surface area contributed by atoms with Crippen molar-refractivity contribution in [3.63, 3.8) is 0 Å². The Balaban J connectivity index is 1.77. The van der Waals surface area contributed by atoms with Crippen molar-refractivity contribution in [1.29, 1.82) is 0 Å². The maximum absolute atomic E-state index is 12.0. The zero-order valence-corrected chi connectivity index (χ0v) is 13.9. The minimum absolute atomic E-state index is 0.287. The van der Waals surface area contributed by atoms with Crippen molar-refractivity contribution in [2.24, 2.45) is 5.73 Å². The lowest BCUT2D eigenvalue weighted by molar-refractivity contribution is -0.123. The number of piperazine rings is 1. The minimum atomic E-state index is -0.316. The van der Waals surface area contributed by atoms with Crippen molar-refractivity contribution >= 4 is 11.6 Å². The topological polar surface area (TPSA) is 58.8 Å². The van der Waals surface area contributed by atoms with Gasteiger partial charge in [0.05, 0.1) is 12.8 Å². The number of benzene rings is 2. The van der Waals surface area contributed by atoms with Gasteiger partial charge in [0.15, 0.2) is 0 Å². The van der Waals surface area contributed by atoms with E-state index >= 15 is 0 Å². The van der Waals surface area contributed by atoms with Crippen LogP contribution in [-0.2, 0) is 11.3 Å². The minimum Gasteiger partial charge on any atom is -0.495 e. The lowest BCUT2D eigenvalue weighted by Crippen LogP contribution is -2.57. The van der Waals surface area contributed by atoms with Crippen LogP contribution >= 0.6 is 0 Å². The molecule has 0 aliphatic carbocycles. The summed E-state index contributed by atoms with van der Waals surface area (Å²) in [5.41, 5.74) is 7.88. The Bertz CT molecular complexity index is 690. The molecule has 1 aliphatic heterocycles. The lowest BCUT2D eigenvalue weighted by atomic mass is 10.1. The molecule has 0 radical (unpaired) electrons. The Kier molecular flexibility index (Phi) is 5.01. The molecule has 0 bridgehead atoms. The highest BCUT2D eigenvalue weighted by Crippen LogP contribution is 2.29. The summed E-state index contributed by atoms with van der Waals surface area (Å²) in [7, 11) is 1.66. The molecule has 126 valence electrons. The van der Waals surface area contributed by atoms with E-state index < -0.39 is 0 Å². The molecule has 1 fully saturated rings. The number of para-hydroxylation sites is 2. The number of primary amides is 1. The van der Waals surface area contributed by atoms with E-state index in [-0.39, 0.29) is 11.9 Å². The summed E-state index contributed by atoms with van der Waals surface area (Å²) < 4.78 is 5.45. The third-order valence-electron chi connectivity index (χ3n) is 4.47. The van der Waals surface area contributed by atoms with E-state index in [1.807, 2.05) is 42.5 Å². The third kappa shape index (κ3) is 3.51. The van der Waals surface area contributed by atoms with Gasteiger partial charge < -0.3 is 15.4 Å². The number of carbonyl (C=O) groups is 1. The van der Waals surface area contributed by atoms with Gasteiger partial charge in [-0.2, -0.15) is 0 Å². The van der Waals surface area contributed by atoms with Crippen molar-refractivity contribution in [2.75, 3.05) is 31.6 Å². The molecule has 1 heterocycles. The lowest BCUT2D eigenvalue weighted by Gasteiger charge is -2.41. The van der Waals surface area contributed by atoms with E-state index in [1.54, 1.807) is 7.11 Å². The highest BCUT2D eigenvalue weighted by atomic mass is 16.5. The van der Waals surface area contributed by atoms with E-state index in [4.69, 9.17) is 10.5 Å². The molecule has 0 unspecified atom stereocenters. The smallest absolute Gasteiger partial charge is 0.236 e. The van der Waals surface area contributed by atoms with Crippen LogP contribution < -0.4 is 15.4 Å². The van der Waals surface area contributed by atoms with Crippen molar-refractivity contribution < 1.29 is 9.53 Å². The number of anilines is 1. The molecule has 1 atom stereocenters. The van der Waals surface area contributed by atoms with Gasteiger partial charge in [-0.15, -0.1) is 0 Å². The maximum Gasteiger partial charge on any atom is 0.236 e. The molecular weight excluding hydrogens is 302 g/mol. The van der Waals surface area contributed by atoms with Crippen molar-refractivity contribution in [3.8, 4) is 5.75 Å². The van der Waals surface area contributed by atoms with Gasteiger partial charge in [0.25, 0.3) is 0 Å². The summed E-state index contributed by atoms with van der Waals surface area (Å²) in [6, 6.07) is 17.7. The van der Waals surface area contributed by atoms with Crippen molar-refractivity contribution in [2.45, 2.75) is 12.6 Å². The molecule has 1 aliphatic rings. The second kappa shape index (κ2) is 7.36. The van der Waals surface area contributed by atoms with E-state index in [9.17, 15) is 4.79 Å². The molecule has 0 spiro atoms. The monoisotopic (exact) mass is 325 g/mol. The summed E-state index contributed by atoms with van der Waals surface area (Å²) in [6.07, 6.45) is 0. The SMILES string of the molecule is COc1ccccc1N1CCN(Cc2ccccc2)[C@@H](C(N)=O)C1. The van der Waals surface area contributed by atoms with Gasteiger partial charge >= 0.3 is 0 Å². The number of nitrogens with zero attached hydrogens (tertiary/aromatic N) is 2. The summed E-state index contributed by atoms with van der Waals surface area (Å²) in [4.78, 5) is 16.3. The van der Waals surface area contributed by atoms with Crippen LogP contribution in [0.1, 0.15) is 5.56 Å². The molecular formula is C19H23N3O2. The van der Waals surface area contributed by atoms with Gasteiger partial charge in [0.2, 0.25) is 5.91 Å². The molecule has 1 saturated heterocycles. The van der Waals surface area contributed by atoms with Gasteiger partial charge in [-0.05, 0) is 17.7 Å². The first-order valence-corrected chi connectivity index (χ1v) is 8.14. The van der Waals surface area contributed by atoms with Crippen molar-refractivity contribution in [3.05, 3.63) is 60.2 Å². The Labute approximate surface area is 142 Å². The predicted octanol–water partition coefficient (Wildman–Crippen LogP) is 1.87. The second-order valence-corrected chi connectivity index (χ2v) is 5.99. The van der Waals surface area contributed by atoms with Gasteiger partial charge in [-0.1, -0.05) is 42.5 Å². The molecule has 5 heteroatoms. The van der Waals surface area contributed by atoms with E-state index in [2.05, 4.69) is 21.9 Å². The van der Waals surface area contributed by atoms with Crippen LogP contribution in [0.3, 0.4) is 0 Å². The van der Waals surface area contributed by atoms with Crippen LogP contribution in [0.2, 0.25) is 0 Å². The zero-order chi connectivity index (χ0) is 16.9. The fraction of sp³-hybridized carbons (Fsp3) is 0.316. The first kappa shape index (κ1) is 16.3. The number of amides is 1. The molecule has 0 saturated carbocycles. The van der Waals surface area contributed by atoms with Gasteiger partial charge in [0.1, 0.15) is 11.8 Å². The second-order valence-electron chi connectivity index (χ2n) is 5.99. The molecule has 3 rings (SSSR count). The summed E-state index contributed by atoms with van der Waals surface area (Å²) in [6.45, 7) is 2.91. The van der Waals surface area contributed by atoms with Crippen molar-refractivity contribution in [1.82, 2.24) is 4.90 Å². The molecule has 2 N–H and O–H groups in total. The Morgan fingerprint density at radius 2 is 1.83 bits per heavy atom. The number of nitrogens with two attached hydrogens (primary N) is 1. The highest BCUT2D eigenvalue weighted by molar-refractivity contribution is 5.81. The first-order valence-electron chi connectivity index (χ1n) is 8.14. The average Bonchev–Trinajstić information content (AvgIpc) is 2.62. The number of hydrogen-bond donors (Lipinski definition) is 1. The fourth-order valence-electron chi connectivity index (χ4n) is 3.21. The van der Waals surface area contributed by atoms with E-state index in [0.29, 0.717) is 6.54 Å². The normalized spacial score (nSPS) is 18.4. The first-order chi connectivity index (χ1) is 11.7. The van der Waals surface area contributed by atoms with Crippen LogP contribution in [0.15, 0.2) is 54.6 Å². The molecule has 24 heavy (non-hydrogen) atoms. The Morgan fingerprint density at radius 3 is 2.54 bits per heavy atom. The zero-order valence-electron chi connectivity index (χ0n) is 13.9. The molecule has 0 aromatic heterocycles. The standard InChI is InChI=1S/C19H23N3O2/c1-24-18-10-6-5-9-16(18)22-12-11-21(17(14-22)19(20)23)13-15-7-3-2-4-8-15/h2-10,17H,11-14H2,1H3,(H2,20,23)/t17-/m1/s1. The highest BCUT2D eigenvalue weighted by Gasteiger charge is 2.31. The molecule has 5 nitrogen and oxygen atoms in total. The molecule has 1 amide bonds. The molecule has 2 aromatic carbocycles. The quantitative estimate of drug-likeness (QED) is 0.912. The number of ether oxygens (including phenoxy) is 1. The van der Waals surface area contributed by atoms with Crippen LogP contribution in [-0.4, -0.2) is 43.6 Å². The van der Waals surface area contributed by atoms with Gasteiger partial charge in [-0.25, -0.2) is 0 Å². The maximum atomic E-state index is 12.0.